The number of rotatable bonds is 1. The molecule has 0 unspecified atom stereocenters. The molecular formula is C11H11F2N. The quantitative estimate of drug-likeness (QED) is 0.681. The van der Waals surface area contributed by atoms with Gasteiger partial charge in [0.25, 0.3) is 0 Å². The highest BCUT2D eigenvalue weighted by atomic mass is 19.1. The van der Waals surface area contributed by atoms with Gasteiger partial charge in [0.15, 0.2) is 0 Å². The number of benzene rings is 1. The fraction of sp³-hybridized carbons (Fsp3) is 0.273. The predicted molar refractivity (Wildman–Crippen MR) is 51.6 cm³/mol. The van der Waals surface area contributed by atoms with E-state index < -0.39 is 11.6 Å². The van der Waals surface area contributed by atoms with Gasteiger partial charge in [0, 0.05) is 19.0 Å². The van der Waals surface area contributed by atoms with E-state index in [4.69, 9.17) is 5.73 Å². The summed E-state index contributed by atoms with van der Waals surface area (Å²) < 4.78 is 25.9. The fourth-order valence-electron chi connectivity index (χ4n) is 0.983. The van der Waals surface area contributed by atoms with Crippen molar-refractivity contribution in [2.45, 2.75) is 13.3 Å². The van der Waals surface area contributed by atoms with Crippen LogP contribution in [0.4, 0.5) is 8.78 Å². The number of aryl methyl sites for hydroxylation is 1. The summed E-state index contributed by atoms with van der Waals surface area (Å²) in [6.45, 7) is 2.01. The van der Waals surface area contributed by atoms with Crippen LogP contribution >= 0.6 is 0 Å². The lowest BCUT2D eigenvalue weighted by molar-refractivity contribution is 0.575. The van der Waals surface area contributed by atoms with Gasteiger partial charge in [-0.15, -0.1) is 0 Å². The van der Waals surface area contributed by atoms with Crippen molar-refractivity contribution in [1.29, 1.82) is 0 Å². The van der Waals surface area contributed by atoms with Gasteiger partial charge < -0.3 is 5.73 Å². The predicted octanol–water partition coefficient (Wildman–Crippen LogP) is 1.97. The van der Waals surface area contributed by atoms with Crippen molar-refractivity contribution in [1.82, 2.24) is 0 Å². The topological polar surface area (TPSA) is 26.0 Å². The second-order valence-electron chi connectivity index (χ2n) is 2.92. The molecule has 74 valence electrons. The van der Waals surface area contributed by atoms with Crippen LogP contribution in [0.1, 0.15) is 17.5 Å². The Hall–Kier alpha value is -1.40. The van der Waals surface area contributed by atoms with Crippen LogP contribution in [0.15, 0.2) is 12.1 Å². The van der Waals surface area contributed by atoms with E-state index in [2.05, 4.69) is 11.8 Å². The number of hydrogen-bond acceptors (Lipinski definition) is 1. The summed E-state index contributed by atoms with van der Waals surface area (Å²) >= 11 is 0. The van der Waals surface area contributed by atoms with Gasteiger partial charge in [0.2, 0.25) is 0 Å². The average molecular weight is 195 g/mol. The van der Waals surface area contributed by atoms with Crippen LogP contribution in [0.5, 0.6) is 0 Å². The van der Waals surface area contributed by atoms with Crippen molar-refractivity contribution in [2.24, 2.45) is 5.73 Å². The Morgan fingerprint density at radius 3 is 2.64 bits per heavy atom. The molecule has 0 fully saturated rings. The van der Waals surface area contributed by atoms with Gasteiger partial charge in [-0.2, -0.15) is 0 Å². The number of halogens is 2. The molecule has 0 atom stereocenters. The van der Waals surface area contributed by atoms with Gasteiger partial charge in [0.05, 0.1) is 5.56 Å². The highest BCUT2D eigenvalue weighted by Crippen LogP contribution is 2.12. The van der Waals surface area contributed by atoms with Crippen molar-refractivity contribution >= 4 is 0 Å². The number of nitrogens with two attached hydrogens (primary N) is 1. The molecule has 0 spiro atoms. The van der Waals surface area contributed by atoms with E-state index in [1.165, 1.54) is 6.07 Å². The molecule has 0 radical (unpaired) electrons. The maximum Gasteiger partial charge on any atom is 0.141 e. The number of hydrogen-bond donors (Lipinski definition) is 1. The molecule has 0 aliphatic carbocycles. The molecule has 0 aromatic heterocycles. The minimum absolute atomic E-state index is 0.220. The van der Waals surface area contributed by atoms with Crippen LogP contribution in [-0.4, -0.2) is 6.54 Å². The molecule has 1 rings (SSSR count). The Bertz CT molecular complexity index is 388. The van der Waals surface area contributed by atoms with Crippen molar-refractivity contribution < 1.29 is 8.78 Å². The first-order valence-electron chi connectivity index (χ1n) is 4.29. The van der Waals surface area contributed by atoms with E-state index in [0.29, 0.717) is 18.5 Å². The average Bonchev–Trinajstić information content (AvgIpc) is 2.14. The summed E-state index contributed by atoms with van der Waals surface area (Å²) in [7, 11) is 0. The standard InChI is InChI=1S/C11H11F2N/c1-8-6-9(4-2-3-5-14)11(13)7-10(8)12/h6-7H,3,5,14H2,1H3. The van der Waals surface area contributed by atoms with Gasteiger partial charge in [0.1, 0.15) is 11.6 Å². The molecule has 2 N–H and O–H groups in total. The summed E-state index contributed by atoms with van der Waals surface area (Å²) in [5, 5.41) is 0. The Morgan fingerprint density at radius 2 is 2.00 bits per heavy atom. The zero-order valence-corrected chi connectivity index (χ0v) is 7.90. The van der Waals surface area contributed by atoms with Crippen molar-refractivity contribution in [3.63, 3.8) is 0 Å². The van der Waals surface area contributed by atoms with Crippen molar-refractivity contribution in [3.8, 4) is 11.8 Å². The van der Waals surface area contributed by atoms with Crippen LogP contribution in [0.3, 0.4) is 0 Å². The summed E-state index contributed by atoms with van der Waals surface area (Å²) in [5.41, 5.74) is 5.84. The normalized spacial score (nSPS) is 9.43. The van der Waals surface area contributed by atoms with Gasteiger partial charge in [-0.25, -0.2) is 8.78 Å². The second-order valence-corrected chi connectivity index (χ2v) is 2.92. The summed E-state index contributed by atoms with van der Waals surface area (Å²) in [4.78, 5) is 0. The molecule has 0 aliphatic heterocycles. The van der Waals surface area contributed by atoms with Crippen molar-refractivity contribution in [3.05, 3.63) is 34.9 Å². The largest absolute Gasteiger partial charge is 0.330 e. The first kappa shape index (κ1) is 10.7. The fourth-order valence-corrected chi connectivity index (χ4v) is 0.983. The van der Waals surface area contributed by atoms with Crippen LogP contribution < -0.4 is 5.73 Å². The summed E-state index contributed by atoms with van der Waals surface area (Å²) in [6, 6.07) is 2.25. The molecule has 0 bridgehead atoms. The Morgan fingerprint density at radius 1 is 1.29 bits per heavy atom. The lowest BCUT2D eigenvalue weighted by Gasteiger charge is -1.98. The van der Waals surface area contributed by atoms with Crippen LogP contribution in [0.2, 0.25) is 0 Å². The highest BCUT2D eigenvalue weighted by molar-refractivity contribution is 5.38. The van der Waals surface area contributed by atoms with E-state index in [-0.39, 0.29) is 5.56 Å². The molecule has 0 aliphatic rings. The van der Waals surface area contributed by atoms with Gasteiger partial charge in [-0.05, 0) is 18.6 Å². The summed E-state index contributed by atoms with van der Waals surface area (Å²) in [5.74, 6) is 4.14. The third-order valence-electron chi connectivity index (χ3n) is 1.74. The van der Waals surface area contributed by atoms with Crippen molar-refractivity contribution in [2.75, 3.05) is 6.54 Å². The van der Waals surface area contributed by atoms with Crippen LogP contribution in [-0.2, 0) is 0 Å². The molecule has 3 heteroatoms. The molecule has 0 saturated carbocycles. The molecule has 0 heterocycles. The van der Waals surface area contributed by atoms with Gasteiger partial charge in [-0.3, -0.25) is 0 Å². The van der Waals surface area contributed by atoms with Gasteiger partial charge >= 0.3 is 0 Å². The van der Waals surface area contributed by atoms with E-state index in [1.807, 2.05) is 0 Å². The Kier molecular flexibility index (Phi) is 3.61. The first-order valence-corrected chi connectivity index (χ1v) is 4.29. The molecule has 1 aromatic rings. The smallest absolute Gasteiger partial charge is 0.141 e. The second kappa shape index (κ2) is 4.73. The molecule has 14 heavy (non-hydrogen) atoms. The molecular weight excluding hydrogens is 184 g/mol. The minimum Gasteiger partial charge on any atom is -0.330 e. The van der Waals surface area contributed by atoms with Crippen LogP contribution in [0, 0.1) is 30.4 Å². The Balaban J connectivity index is 3.00. The molecule has 1 aromatic carbocycles. The zero-order chi connectivity index (χ0) is 10.6. The zero-order valence-electron chi connectivity index (χ0n) is 7.90. The van der Waals surface area contributed by atoms with Gasteiger partial charge in [-0.1, -0.05) is 11.8 Å². The minimum atomic E-state index is -0.627. The molecule has 0 saturated heterocycles. The summed E-state index contributed by atoms with van der Waals surface area (Å²) in [6.07, 6.45) is 0.510. The molecule has 0 amide bonds. The lowest BCUT2D eigenvalue weighted by Crippen LogP contribution is -1.96. The van der Waals surface area contributed by atoms with E-state index >= 15 is 0 Å². The Labute approximate surface area is 81.9 Å². The third-order valence-corrected chi connectivity index (χ3v) is 1.74. The van der Waals surface area contributed by atoms with E-state index in [1.54, 1.807) is 6.92 Å². The maximum absolute atomic E-state index is 13.1. The third kappa shape index (κ3) is 2.54. The first-order chi connectivity index (χ1) is 6.65. The lowest BCUT2D eigenvalue weighted by atomic mass is 10.1. The SMILES string of the molecule is Cc1cc(C#CCCN)c(F)cc1F. The maximum atomic E-state index is 13.1. The van der Waals surface area contributed by atoms with E-state index in [9.17, 15) is 8.78 Å². The highest BCUT2D eigenvalue weighted by Gasteiger charge is 2.04. The van der Waals surface area contributed by atoms with E-state index in [0.717, 1.165) is 6.07 Å². The monoisotopic (exact) mass is 195 g/mol. The van der Waals surface area contributed by atoms with Crippen LogP contribution in [0.25, 0.3) is 0 Å². The molecule has 1 nitrogen and oxygen atoms in total.